The molecule has 5 heteroatoms. The molecular formula is C9H7BrFNO2. The Kier molecular flexibility index (Phi) is 2.19. The van der Waals surface area contributed by atoms with E-state index in [0.29, 0.717) is 15.7 Å². The van der Waals surface area contributed by atoms with Crippen LogP contribution in [0.3, 0.4) is 0 Å². The Labute approximate surface area is 88.4 Å². The van der Waals surface area contributed by atoms with Crippen LogP contribution in [0.5, 0.6) is 0 Å². The lowest BCUT2D eigenvalue weighted by molar-refractivity contribution is 0.116. The standard InChI is InChI=1S/C9H7BrFNO2/c1-4-5-2-7(11)6(10)3-8(5)12-9(13)14-4/h2-4H,1H3,(H,12,13). The van der Waals surface area contributed by atoms with Gasteiger partial charge in [0.2, 0.25) is 0 Å². The van der Waals surface area contributed by atoms with Crippen LogP contribution in [0.4, 0.5) is 14.9 Å². The minimum Gasteiger partial charge on any atom is -0.441 e. The molecule has 1 aliphatic rings. The van der Waals surface area contributed by atoms with Gasteiger partial charge in [0.25, 0.3) is 0 Å². The zero-order chi connectivity index (χ0) is 10.3. The van der Waals surface area contributed by atoms with Crippen LogP contribution >= 0.6 is 15.9 Å². The number of benzene rings is 1. The molecule has 0 radical (unpaired) electrons. The van der Waals surface area contributed by atoms with E-state index in [0.717, 1.165) is 0 Å². The molecule has 0 aliphatic carbocycles. The summed E-state index contributed by atoms with van der Waals surface area (Å²) >= 11 is 3.05. The highest BCUT2D eigenvalue weighted by Gasteiger charge is 2.23. The summed E-state index contributed by atoms with van der Waals surface area (Å²) in [4.78, 5) is 11.0. The lowest BCUT2D eigenvalue weighted by Crippen LogP contribution is -2.23. The molecule has 1 amide bonds. The lowest BCUT2D eigenvalue weighted by Gasteiger charge is -2.23. The van der Waals surface area contributed by atoms with E-state index < -0.39 is 12.2 Å². The van der Waals surface area contributed by atoms with Crippen molar-refractivity contribution in [1.82, 2.24) is 0 Å². The van der Waals surface area contributed by atoms with Gasteiger partial charge in [-0.15, -0.1) is 0 Å². The van der Waals surface area contributed by atoms with Crippen LogP contribution in [0, 0.1) is 5.82 Å². The molecule has 1 heterocycles. The number of carbonyl (C=O) groups is 1. The Balaban J connectivity index is 2.54. The smallest absolute Gasteiger partial charge is 0.412 e. The molecule has 1 aromatic carbocycles. The fraction of sp³-hybridized carbons (Fsp3) is 0.222. The number of hydrogen-bond acceptors (Lipinski definition) is 2. The van der Waals surface area contributed by atoms with E-state index in [1.165, 1.54) is 12.1 Å². The van der Waals surface area contributed by atoms with Crippen molar-refractivity contribution in [1.29, 1.82) is 0 Å². The second-order valence-corrected chi connectivity index (χ2v) is 3.88. The monoisotopic (exact) mass is 259 g/mol. The maximum Gasteiger partial charge on any atom is 0.412 e. The highest BCUT2D eigenvalue weighted by atomic mass is 79.9. The predicted molar refractivity (Wildman–Crippen MR) is 52.6 cm³/mol. The van der Waals surface area contributed by atoms with Gasteiger partial charge in [0.05, 0.1) is 10.2 Å². The maximum absolute atomic E-state index is 13.2. The molecule has 1 atom stereocenters. The van der Waals surface area contributed by atoms with Crippen molar-refractivity contribution in [3.63, 3.8) is 0 Å². The van der Waals surface area contributed by atoms with Crippen molar-refractivity contribution in [3.8, 4) is 0 Å². The first kappa shape index (κ1) is 9.45. The number of cyclic esters (lactones) is 1. The summed E-state index contributed by atoms with van der Waals surface area (Å²) in [7, 11) is 0. The zero-order valence-corrected chi connectivity index (χ0v) is 8.89. The molecule has 0 spiro atoms. The second-order valence-electron chi connectivity index (χ2n) is 3.03. The van der Waals surface area contributed by atoms with E-state index in [2.05, 4.69) is 21.2 Å². The van der Waals surface area contributed by atoms with Gasteiger partial charge in [0.1, 0.15) is 11.9 Å². The molecule has 0 aromatic heterocycles. The minimum atomic E-state index is -0.511. The third-order valence-corrected chi connectivity index (χ3v) is 2.66. The third-order valence-electron chi connectivity index (χ3n) is 2.05. The largest absolute Gasteiger partial charge is 0.441 e. The molecular weight excluding hydrogens is 253 g/mol. The van der Waals surface area contributed by atoms with Crippen molar-refractivity contribution < 1.29 is 13.9 Å². The molecule has 1 unspecified atom stereocenters. The summed E-state index contributed by atoms with van der Waals surface area (Å²) < 4.78 is 18.4. The molecule has 0 saturated heterocycles. The van der Waals surface area contributed by atoms with Crippen LogP contribution in [-0.2, 0) is 4.74 Å². The number of ether oxygens (including phenoxy) is 1. The highest BCUT2D eigenvalue weighted by Crippen LogP contribution is 2.33. The van der Waals surface area contributed by atoms with Gasteiger partial charge in [-0.05, 0) is 35.0 Å². The minimum absolute atomic E-state index is 0.325. The first-order valence-electron chi connectivity index (χ1n) is 4.04. The quantitative estimate of drug-likeness (QED) is 0.777. The van der Waals surface area contributed by atoms with Crippen LogP contribution in [0.2, 0.25) is 0 Å². The van der Waals surface area contributed by atoms with E-state index >= 15 is 0 Å². The van der Waals surface area contributed by atoms with E-state index in [4.69, 9.17) is 4.74 Å². The number of rotatable bonds is 0. The average Bonchev–Trinajstić information content (AvgIpc) is 2.08. The molecule has 2 rings (SSSR count). The van der Waals surface area contributed by atoms with Crippen molar-refractivity contribution in [2.24, 2.45) is 0 Å². The highest BCUT2D eigenvalue weighted by molar-refractivity contribution is 9.10. The van der Waals surface area contributed by atoms with Crippen molar-refractivity contribution in [3.05, 3.63) is 28.0 Å². The number of nitrogens with one attached hydrogen (secondary N) is 1. The van der Waals surface area contributed by atoms with Crippen molar-refractivity contribution >= 4 is 27.7 Å². The molecule has 0 fully saturated rings. The number of halogens is 2. The first-order valence-corrected chi connectivity index (χ1v) is 4.84. The molecule has 3 nitrogen and oxygen atoms in total. The van der Waals surface area contributed by atoms with Crippen molar-refractivity contribution in [2.45, 2.75) is 13.0 Å². The third kappa shape index (κ3) is 1.48. The van der Waals surface area contributed by atoms with Gasteiger partial charge in [-0.3, -0.25) is 5.32 Å². The molecule has 74 valence electrons. The number of carbonyl (C=O) groups excluding carboxylic acids is 1. The van der Waals surface area contributed by atoms with E-state index in [-0.39, 0.29) is 5.82 Å². The first-order chi connectivity index (χ1) is 6.58. The van der Waals surface area contributed by atoms with Gasteiger partial charge < -0.3 is 4.74 Å². The normalized spacial score (nSPS) is 19.6. The number of fused-ring (bicyclic) bond motifs is 1. The van der Waals surface area contributed by atoms with Gasteiger partial charge >= 0.3 is 6.09 Å². The molecule has 1 N–H and O–H groups in total. The van der Waals surface area contributed by atoms with Gasteiger partial charge in [-0.2, -0.15) is 0 Å². The molecule has 0 saturated carbocycles. The van der Waals surface area contributed by atoms with Crippen LogP contribution in [0.25, 0.3) is 0 Å². The summed E-state index contributed by atoms with van der Waals surface area (Å²) in [5, 5.41) is 2.50. The summed E-state index contributed by atoms with van der Waals surface area (Å²) in [6.45, 7) is 1.70. The lowest BCUT2D eigenvalue weighted by atomic mass is 10.1. The summed E-state index contributed by atoms with van der Waals surface area (Å²) in [5.41, 5.74) is 1.23. The van der Waals surface area contributed by atoms with Crippen molar-refractivity contribution in [2.75, 3.05) is 5.32 Å². The van der Waals surface area contributed by atoms with Gasteiger partial charge in [0, 0.05) is 5.56 Å². The van der Waals surface area contributed by atoms with E-state index in [1.54, 1.807) is 6.92 Å². The fourth-order valence-corrected chi connectivity index (χ4v) is 1.71. The molecule has 1 aliphatic heterocycles. The number of hydrogen-bond donors (Lipinski definition) is 1. The second kappa shape index (κ2) is 3.24. The van der Waals surface area contributed by atoms with Crippen LogP contribution in [0.1, 0.15) is 18.6 Å². The summed E-state index contributed by atoms with van der Waals surface area (Å²) in [5.74, 6) is -0.365. The van der Waals surface area contributed by atoms with Gasteiger partial charge in [-0.25, -0.2) is 9.18 Å². The zero-order valence-electron chi connectivity index (χ0n) is 7.30. The Morgan fingerprint density at radius 1 is 1.57 bits per heavy atom. The SMILES string of the molecule is CC1OC(=O)Nc2cc(Br)c(F)cc21. The summed E-state index contributed by atoms with van der Waals surface area (Å²) in [6.07, 6.45) is -0.926. The maximum atomic E-state index is 13.2. The van der Waals surface area contributed by atoms with Gasteiger partial charge in [0.15, 0.2) is 0 Å². The molecule has 0 bridgehead atoms. The Morgan fingerprint density at radius 3 is 3.00 bits per heavy atom. The van der Waals surface area contributed by atoms with Crippen LogP contribution in [0.15, 0.2) is 16.6 Å². The molecule has 14 heavy (non-hydrogen) atoms. The fourth-order valence-electron chi connectivity index (χ4n) is 1.37. The predicted octanol–water partition coefficient (Wildman–Crippen LogP) is 3.21. The molecule has 1 aromatic rings. The number of anilines is 1. The number of amides is 1. The summed E-state index contributed by atoms with van der Waals surface area (Å²) in [6, 6.07) is 2.88. The average molecular weight is 260 g/mol. The van der Waals surface area contributed by atoms with Gasteiger partial charge in [-0.1, -0.05) is 0 Å². The van der Waals surface area contributed by atoms with E-state index in [1.807, 2.05) is 0 Å². The van der Waals surface area contributed by atoms with E-state index in [9.17, 15) is 9.18 Å². The van der Waals surface area contributed by atoms with Crippen LogP contribution < -0.4 is 5.32 Å². The Morgan fingerprint density at radius 2 is 2.29 bits per heavy atom. The topological polar surface area (TPSA) is 38.3 Å². The Bertz CT molecular complexity index is 408. The Hall–Kier alpha value is -1.10. The van der Waals surface area contributed by atoms with Crippen LogP contribution in [-0.4, -0.2) is 6.09 Å².